The Labute approximate surface area is 209 Å². The van der Waals surface area contributed by atoms with Crippen molar-refractivity contribution in [3.63, 3.8) is 0 Å². The van der Waals surface area contributed by atoms with Gasteiger partial charge in [0.15, 0.2) is 0 Å². The molecule has 1 aromatic rings. The smallest absolute Gasteiger partial charge is 0.331 e. The Balaban J connectivity index is 3.32. The molecule has 4 N–H and O–H groups in total. The number of aliphatic carboxylic acids is 1. The summed E-state index contributed by atoms with van der Waals surface area (Å²) in [5, 5.41) is 25.3. The van der Waals surface area contributed by atoms with Crippen LogP contribution in [0.15, 0.2) is 35.9 Å². The van der Waals surface area contributed by atoms with Crippen molar-refractivity contribution in [3.8, 4) is 5.75 Å². The molecule has 0 saturated heterocycles. The second-order valence-electron chi connectivity index (χ2n) is 11.1. The van der Waals surface area contributed by atoms with Gasteiger partial charge in [0.05, 0.1) is 12.1 Å². The van der Waals surface area contributed by atoms with E-state index in [0.717, 1.165) is 5.56 Å². The first-order valence-electron chi connectivity index (χ1n) is 11.9. The first-order chi connectivity index (χ1) is 15.9. The van der Waals surface area contributed by atoms with Gasteiger partial charge in [0, 0.05) is 18.0 Å². The maximum Gasteiger partial charge on any atom is 0.331 e. The minimum absolute atomic E-state index is 0.0377. The molecule has 0 aliphatic rings. The van der Waals surface area contributed by atoms with Gasteiger partial charge < -0.3 is 25.7 Å². The molecule has 1 aromatic carbocycles. The number of carboxylic acid groups (broad SMARTS) is 1. The molecule has 0 aliphatic carbocycles. The fourth-order valence-electron chi connectivity index (χ4n) is 4.20. The number of nitrogens with one attached hydrogen (secondary N) is 2. The van der Waals surface area contributed by atoms with Gasteiger partial charge >= 0.3 is 5.97 Å². The van der Waals surface area contributed by atoms with E-state index >= 15 is 0 Å². The average molecular weight is 490 g/mol. The minimum atomic E-state index is -1.04. The largest absolute Gasteiger partial charge is 0.508 e. The van der Waals surface area contributed by atoms with E-state index in [1.807, 2.05) is 54.5 Å². The molecule has 0 fully saturated rings. The van der Waals surface area contributed by atoms with E-state index in [4.69, 9.17) is 0 Å². The lowest BCUT2D eigenvalue weighted by Gasteiger charge is -2.40. The van der Waals surface area contributed by atoms with E-state index in [0.29, 0.717) is 0 Å². The molecule has 35 heavy (non-hydrogen) atoms. The van der Waals surface area contributed by atoms with Gasteiger partial charge in [0.25, 0.3) is 0 Å². The first-order valence-corrected chi connectivity index (χ1v) is 11.9. The SMILES string of the molecule is CNC(C(=O)N[C@H](C(=O)N(C)[C@H](C=C(C)C(=O)O)C(C)C)C(C)(C)C)C(C)(C)c1cccc(O)c1. The van der Waals surface area contributed by atoms with Gasteiger partial charge in [0.1, 0.15) is 11.8 Å². The lowest BCUT2D eigenvalue weighted by molar-refractivity contribution is -0.141. The van der Waals surface area contributed by atoms with E-state index in [9.17, 15) is 24.6 Å². The van der Waals surface area contributed by atoms with Gasteiger partial charge in [-0.05, 0) is 43.0 Å². The standard InChI is InChI=1S/C27H43N3O5/c1-16(2)20(14-17(3)25(34)35)30(10)24(33)22(26(4,5)6)29-23(32)21(28-9)27(7,8)18-12-11-13-19(31)15-18/h11-16,20-22,28,31H,1-10H3,(H,29,32)(H,34,35)/t20-,21?,22-/m1/s1. The lowest BCUT2D eigenvalue weighted by atomic mass is 9.76. The number of carboxylic acids is 1. The van der Waals surface area contributed by atoms with Crippen molar-refractivity contribution in [1.29, 1.82) is 0 Å². The molecule has 8 heteroatoms. The molecule has 0 radical (unpaired) electrons. The topological polar surface area (TPSA) is 119 Å². The number of carbonyl (C=O) groups excluding carboxylic acids is 2. The van der Waals surface area contributed by atoms with Crippen LogP contribution < -0.4 is 10.6 Å². The normalized spacial score (nSPS) is 15.3. The monoisotopic (exact) mass is 489 g/mol. The van der Waals surface area contributed by atoms with Gasteiger partial charge in [0.2, 0.25) is 11.8 Å². The van der Waals surface area contributed by atoms with Crippen LogP contribution in [0.5, 0.6) is 5.75 Å². The van der Waals surface area contributed by atoms with Crippen molar-refractivity contribution in [2.75, 3.05) is 14.1 Å². The van der Waals surface area contributed by atoms with E-state index in [-0.39, 0.29) is 29.1 Å². The Morgan fingerprint density at radius 3 is 2.06 bits per heavy atom. The van der Waals surface area contributed by atoms with Crippen LogP contribution >= 0.6 is 0 Å². The highest BCUT2D eigenvalue weighted by Crippen LogP contribution is 2.30. The van der Waals surface area contributed by atoms with Crippen molar-refractivity contribution < 1.29 is 24.6 Å². The van der Waals surface area contributed by atoms with Crippen molar-refractivity contribution in [2.24, 2.45) is 11.3 Å². The number of phenols is 1. The molecule has 1 unspecified atom stereocenters. The summed E-state index contributed by atoms with van der Waals surface area (Å²) in [5.41, 5.74) is -0.377. The molecule has 3 atom stereocenters. The van der Waals surface area contributed by atoms with Crippen LogP contribution in [0.2, 0.25) is 0 Å². The zero-order valence-corrected chi connectivity index (χ0v) is 22.8. The molecule has 2 amide bonds. The molecule has 0 aliphatic heterocycles. The highest BCUT2D eigenvalue weighted by molar-refractivity contribution is 5.91. The summed E-state index contributed by atoms with van der Waals surface area (Å²) in [6.07, 6.45) is 1.58. The zero-order chi connectivity index (χ0) is 27.3. The number of nitrogens with zero attached hydrogens (tertiary/aromatic N) is 1. The van der Waals surface area contributed by atoms with E-state index < -0.39 is 34.9 Å². The van der Waals surface area contributed by atoms with Crippen LogP contribution in [-0.4, -0.2) is 65.1 Å². The number of carbonyl (C=O) groups is 3. The molecule has 0 heterocycles. The van der Waals surface area contributed by atoms with Crippen LogP contribution in [0.1, 0.15) is 61.0 Å². The molecule has 0 spiro atoms. The Morgan fingerprint density at radius 2 is 1.63 bits per heavy atom. The van der Waals surface area contributed by atoms with Crippen molar-refractivity contribution in [1.82, 2.24) is 15.5 Å². The third-order valence-electron chi connectivity index (χ3n) is 6.50. The van der Waals surface area contributed by atoms with Gasteiger partial charge in [-0.25, -0.2) is 4.79 Å². The Morgan fingerprint density at radius 1 is 1.06 bits per heavy atom. The predicted molar refractivity (Wildman–Crippen MR) is 138 cm³/mol. The third-order valence-corrected chi connectivity index (χ3v) is 6.50. The van der Waals surface area contributed by atoms with Gasteiger partial charge in [-0.2, -0.15) is 0 Å². The quantitative estimate of drug-likeness (QED) is 0.375. The zero-order valence-electron chi connectivity index (χ0n) is 22.8. The maximum atomic E-state index is 13.7. The van der Waals surface area contributed by atoms with Crippen molar-refractivity contribution >= 4 is 17.8 Å². The second kappa shape index (κ2) is 11.7. The van der Waals surface area contributed by atoms with Gasteiger partial charge in [-0.15, -0.1) is 0 Å². The fourth-order valence-corrected chi connectivity index (χ4v) is 4.20. The Bertz CT molecular complexity index is 946. The molecular formula is C27H43N3O5. The van der Waals surface area contributed by atoms with Crippen LogP contribution in [0, 0.1) is 11.3 Å². The van der Waals surface area contributed by atoms with E-state index in [1.54, 1.807) is 38.4 Å². The number of likely N-dealkylation sites (N-methyl/N-ethyl adjacent to an activating group) is 2. The maximum absolute atomic E-state index is 13.7. The molecule has 0 saturated carbocycles. The van der Waals surface area contributed by atoms with Crippen molar-refractivity contribution in [3.05, 3.63) is 41.5 Å². The summed E-state index contributed by atoms with van der Waals surface area (Å²) in [5.74, 6) is -1.61. The summed E-state index contributed by atoms with van der Waals surface area (Å²) in [6.45, 7) is 14.8. The fraction of sp³-hybridized carbons (Fsp3) is 0.593. The summed E-state index contributed by atoms with van der Waals surface area (Å²) in [6, 6.07) is 4.78. The molecule has 8 nitrogen and oxygen atoms in total. The number of hydrogen-bond acceptors (Lipinski definition) is 5. The molecule has 0 bridgehead atoms. The number of amides is 2. The predicted octanol–water partition coefficient (Wildman–Crippen LogP) is 3.30. The molecule has 196 valence electrons. The van der Waals surface area contributed by atoms with Crippen LogP contribution in [0.25, 0.3) is 0 Å². The van der Waals surface area contributed by atoms with Crippen LogP contribution in [0.3, 0.4) is 0 Å². The van der Waals surface area contributed by atoms with Crippen molar-refractivity contribution in [2.45, 2.75) is 78.9 Å². The summed E-state index contributed by atoms with van der Waals surface area (Å²) < 4.78 is 0. The number of benzene rings is 1. The highest BCUT2D eigenvalue weighted by atomic mass is 16.4. The Hall–Kier alpha value is -2.87. The summed E-state index contributed by atoms with van der Waals surface area (Å²) in [4.78, 5) is 40.1. The molecule has 1 rings (SSSR count). The van der Waals surface area contributed by atoms with E-state index in [1.165, 1.54) is 11.8 Å². The number of hydrogen-bond donors (Lipinski definition) is 4. The summed E-state index contributed by atoms with van der Waals surface area (Å²) in [7, 11) is 3.32. The second-order valence-corrected chi connectivity index (χ2v) is 11.1. The van der Waals surface area contributed by atoms with Gasteiger partial charge in [-0.3, -0.25) is 9.59 Å². The van der Waals surface area contributed by atoms with Gasteiger partial charge in [-0.1, -0.05) is 66.7 Å². The number of rotatable bonds is 10. The summed E-state index contributed by atoms with van der Waals surface area (Å²) >= 11 is 0. The minimum Gasteiger partial charge on any atom is -0.508 e. The molecular weight excluding hydrogens is 446 g/mol. The highest BCUT2D eigenvalue weighted by Gasteiger charge is 2.41. The van der Waals surface area contributed by atoms with Crippen LogP contribution in [0.4, 0.5) is 0 Å². The third kappa shape index (κ3) is 7.56. The first kappa shape index (κ1) is 30.2. The Kier molecular flexibility index (Phi) is 10.1. The van der Waals surface area contributed by atoms with E-state index in [2.05, 4.69) is 10.6 Å². The van der Waals surface area contributed by atoms with Crippen LogP contribution in [-0.2, 0) is 19.8 Å². The number of aromatic hydroxyl groups is 1. The molecule has 0 aromatic heterocycles. The number of phenolic OH excluding ortho intramolecular Hbond substituents is 1. The lowest BCUT2D eigenvalue weighted by Crippen LogP contribution is -2.61. The average Bonchev–Trinajstić information content (AvgIpc) is 2.73.